The number of likely N-dealkylation sites (N-methyl/N-ethyl adjacent to an activating group) is 8. The van der Waals surface area contributed by atoms with Crippen LogP contribution in [0, 0.1) is 18.8 Å². The van der Waals surface area contributed by atoms with Crippen LogP contribution in [0.4, 0.5) is 13.2 Å². The van der Waals surface area contributed by atoms with Crippen LogP contribution in [0.25, 0.3) is 0 Å². The zero-order valence-corrected chi connectivity index (χ0v) is 62.9. The van der Waals surface area contributed by atoms with Gasteiger partial charge in [0.05, 0.1) is 23.6 Å². The van der Waals surface area contributed by atoms with Crippen molar-refractivity contribution < 1.29 is 70.7 Å². The zero-order valence-electron chi connectivity index (χ0n) is 61.4. The van der Waals surface area contributed by atoms with E-state index in [9.17, 15) is 46.7 Å². The predicted octanol–water partition coefficient (Wildman–Crippen LogP) is 5.78. The van der Waals surface area contributed by atoms with E-state index in [0.717, 1.165) is 37.3 Å². The van der Waals surface area contributed by atoms with Crippen molar-refractivity contribution in [3.63, 3.8) is 0 Å². The van der Waals surface area contributed by atoms with E-state index in [-0.39, 0.29) is 62.1 Å². The van der Waals surface area contributed by atoms with Gasteiger partial charge in [0.25, 0.3) is 0 Å². The molecule has 6 rings (SSSR count). The van der Waals surface area contributed by atoms with Gasteiger partial charge in [-0.15, -0.1) is 0 Å². The number of rotatable bonds is 12. The predicted molar refractivity (Wildman–Crippen MR) is 379 cm³/mol. The highest BCUT2D eigenvalue weighted by molar-refractivity contribution is 6.31. The molecule has 102 heavy (non-hydrogen) atoms. The summed E-state index contributed by atoms with van der Waals surface area (Å²) in [5.74, 6) is -10.0. The van der Waals surface area contributed by atoms with Gasteiger partial charge in [-0.05, 0) is 99.6 Å². The van der Waals surface area contributed by atoms with Crippen molar-refractivity contribution >= 4 is 94.1 Å². The van der Waals surface area contributed by atoms with E-state index >= 15 is 24.0 Å². The average molecular weight is 1470 g/mol. The molecule has 11 atom stereocenters. The van der Waals surface area contributed by atoms with E-state index in [4.69, 9.17) is 23.2 Å². The van der Waals surface area contributed by atoms with Crippen LogP contribution in [0.15, 0.2) is 66.7 Å². The van der Waals surface area contributed by atoms with Gasteiger partial charge >= 0.3 is 6.18 Å². The largest absolute Gasteiger partial charge is 0.417 e. The van der Waals surface area contributed by atoms with Gasteiger partial charge in [0.15, 0.2) is 0 Å². The molecule has 2 aliphatic heterocycles. The highest BCUT2D eigenvalue weighted by atomic mass is 35.5. The number of hydrogen-bond acceptors (Lipinski definition) is 12. The normalized spacial score (nSPS) is 25.1. The summed E-state index contributed by atoms with van der Waals surface area (Å²) in [6, 6.07) is 4.69. The number of halogens is 5. The summed E-state index contributed by atoms with van der Waals surface area (Å²) in [6.45, 7) is 11.2. The van der Waals surface area contributed by atoms with Crippen molar-refractivity contribution in [2.45, 2.75) is 192 Å². The average Bonchev–Trinajstić information content (AvgIpc) is 1.04. The van der Waals surface area contributed by atoms with Gasteiger partial charge in [-0.1, -0.05) is 131 Å². The molecule has 29 heteroatoms. The Morgan fingerprint density at radius 2 is 1.25 bits per heavy atom. The highest BCUT2D eigenvalue weighted by Crippen LogP contribution is 2.37. The van der Waals surface area contributed by atoms with Crippen LogP contribution in [0.1, 0.15) is 127 Å². The fourth-order valence-corrected chi connectivity index (χ4v) is 13.8. The van der Waals surface area contributed by atoms with E-state index in [0.29, 0.717) is 36.8 Å². The second-order valence-corrected chi connectivity index (χ2v) is 28.8. The van der Waals surface area contributed by atoms with Crippen LogP contribution < -0.4 is 16.0 Å². The van der Waals surface area contributed by atoms with Crippen molar-refractivity contribution in [3.8, 4) is 0 Å². The minimum absolute atomic E-state index is 0.0706. The van der Waals surface area contributed by atoms with Crippen LogP contribution >= 0.6 is 23.2 Å². The van der Waals surface area contributed by atoms with Gasteiger partial charge in [0, 0.05) is 87.8 Å². The molecule has 560 valence electrons. The van der Waals surface area contributed by atoms with Gasteiger partial charge in [-0.3, -0.25) is 57.5 Å². The quantitative estimate of drug-likeness (QED) is 0.195. The van der Waals surface area contributed by atoms with Gasteiger partial charge in [-0.2, -0.15) is 13.2 Å². The van der Waals surface area contributed by atoms with E-state index < -0.39 is 172 Å². The molecule has 0 radical (unpaired) electrons. The zero-order chi connectivity index (χ0) is 76.3. The minimum Gasteiger partial charge on any atom is -0.347 e. The number of aryl methyl sites for hydroxylation is 2. The first-order chi connectivity index (χ1) is 47.7. The third kappa shape index (κ3) is 19.3. The van der Waals surface area contributed by atoms with Crippen molar-refractivity contribution in [2.75, 3.05) is 76.5 Å². The summed E-state index contributed by atoms with van der Waals surface area (Å²) in [5.41, 5.74) is -0.669. The molecule has 1 saturated carbocycles. The molecule has 0 unspecified atom stereocenters. The first kappa shape index (κ1) is 82.6. The van der Waals surface area contributed by atoms with Crippen molar-refractivity contribution in [1.29, 1.82) is 0 Å². The fourth-order valence-electron chi connectivity index (χ4n) is 13.3. The highest BCUT2D eigenvalue weighted by Gasteiger charge is 2.51. The maximum Gasteiger partial charge on any atom is 0.417 e. The summed E-state index contributed by atoms with van der Waals surface area (Å²) in [5, 5.41) is 8.10. The van der Waals surface area contributed by atoms with Gasteiger partial charge in [0.1, 0.15) is 59.9 Å². The molecule has 3 aromatic carbocycles. The summed E-state index contributed by atoms with van der Waals surface area (Å²) in [7, 11) is 12.4. The topological polar surface area (TPSA) is 270 Å². The lowest BCUT2D eigenvalue weighted by atomic mass is 9.90. The lowest BCUT2D eigenvalue weighted by molar-refractivity contribution is -0.160. The second-order valence-electron chi connectivity index (χ2n) is 28.0. The van der Waals surface area contributed by atoms with Crippen LogP contribution in [0.3, 0.4) is 0 Å². The maximum absolute atomic E-state index is 15.6. The SMILES string of the molecule is CC[C@H](C)[C@@H]1NC(=O)[C@H](C)N(C)C(=O)C[C@@H](C(=O)N(C)C)N(C)C(=O)[C@H]([C@@H](C)CC)N(C)C(=O)C2(CCCC2)NC(=O)[C@H](Cc2ccccc2Cl)N(C)C(=O)[C@H](CCc2ccc(C(F)(F)F)c(Cl)c2)NC(=O)CN(C)C(=O)[C@H](Cc2ccc(C)cc2)N(C)C(=O)[C@@H]2CCN2C(=O)[C@H](C)N(C)C1=O. The number of carbonyl (C=O) groups excluding carboxylic acids is 12. The molecule has 24 nitrogen and oxygen atoms in total. The minimum atomic E-state index is -4.80. The molecular formula is C73H101Cl2F3N12O12. The Morgan fingerprint density at radius 1 is 0.647 bits per heavy atom. The van der Waals surface area contributed by atoms with Crippen LogP contribution in [0.5, 0.6) is 0 Å². The number of amides is 12. The first-order valence-corrected chi connectivity index (χ1v) is 35.4. The van der Waals surface area contributed by atoms with E-state index in [1.54, 1.807) is 64.1 Å². The molecular weight excluding hydrogens is 1360 g/mol. The molecule has 1 spiro atoms. The first-order valence-electron chi connectivity index (χ1n) is 34.7. The number of carbonyl (C=O) groups is 12. The molecule has 3 aromatic rings. The lowest BCUT2D eigenvalue weighted by Gasteiger charge is -2.45. The molecule has 0 aromatic heterocycles. The van der Waals surface area contributed by atoms with Crippen molar-refractivity contribution in [2.24, 2.45) is 11.8 Å². The summed E-state index contributed by atoms with van der Waals surface area (Å²) in [6.07, 6.45) is -4.39. The third-order valence-corrected chi connectivity index (χ3v) is 21.6. The Kier molecular flexibility index (Phi) is 28.5. The number of benzene rings is 3. The Balaban J connectivity index is 1.49. The van der Waals surface area contributed by atoms with E-state index in [1.807, 2.05) is 19.1 Å². The van der Waals surface area contributed by atoms with Crippen LogP contribution in [-0.2, 0) is 83.0 Å². The molecule has 0 bridgehead atoms. The molecule has 3 fully saturated rings. The van der Waals surface area contributed by atoms with Crippen LogP contribution in [0.2, 0.25) is 10.0 Å². The number of fused-ring (bicyclic) bond motifs is 1. The number of alkyl halides is 3. The standard InChI is InChI=1S/C73H101Cl2F3N12O12/c1-17-43(4)60-69(100)85(12)46(7)64(95)90-36-33-54(90)68(99)87(14)56(38-48-27-25-42(3)26-28-48)67(98)83(10)41-58(91)79-53(32-30-47-29-31-50(52(75)37-47)73(76,77)78)65(96)86(13)55(39-49-23-19-20-24-51(49)74)63(94)81-72(34-21-22-35-72)71(102)89(16)61(44(5)18-2)70(101)88(15)57(66(97)82(8)9)40-59(92)84(11)45(6)62(93)80-60/h19-20,23-29,31,37,43-46,53-57,60-61H,17-18,21-22,30,32-36,38-41H2,1-16H3,(H,79,91)(H,80,93)(H,81,94)/t43-,44-,45-,46-,53-,54-,55-,56-,57-,60-,61-/m0/s1. The summed E-state index contributed by atoms with van der Waals surface area (Å²) in [4.78, 5) is 189. The molecule has 1 aliphatic carbocycles. The number of hydrogen-bond donors (Lipinski definition) is 3. The van der Waals surface area contributed by atoms with Crippen LogP contribution in [-0.4, -0.2) is 251 Å². The van der Waals surface area contributed by atoms with E-state index in [2.05, 4.69) is 16.0 Å². The smallest absolute Gasteiger partial charge is 0.347 e. The Bertz CT molecular complexity index is 3600. The molecule has 3 aliphatic rings. The molecule has 2 saturated heterocycles. The van der Waals surface area contributed by atoms with Gasteiger partial charge < -0.3 is 60.0 Å². The number of nitrogens with one attached hydrogen (secondary N) is 3. The van der Waals surface area contributed by atoms with Crippen molar-refractivity contribution in [3.05, 3.63) is 105 Å². The summed E-state index contributed by atoms with van der Waals surface area (Å²) < 4.78 is 41.9. The molecule has 3 N–H and O–H groups in total. The monoisotopic (exact) mass is 1460 g/mol. The second kappa shape index (κ2) is 35.2. The third-order valence-electron chi connectivity index (χ3n) is 20.9. The van der Waals surface area contributed by atoms with Gasteiger partial charge in [-0.25, -0.2) is 0 Å². The maximum atomic E-state index is 15.6. The van der Waals surface area contributed by atoms with E-state index in [1.165, 1.54) is 108 Å². The Labute approximate surface area is 606 Å². The number of nitrogens with zero attached hydrogens (tertiary/aromatic N) is 9. The Morgan fingerprint density at radius 3 is 1.80 bits per heavy atom. The molecule has 2 heterocycles. The van der Waals surface area contributed by atoms with Gasteiger partial charge in [0.2, 0.25) is 70.9 Å². The lowest BCUT2D eigenvalue weighted by Crippen LogP contribution is -2.65. The Hall–Kier alpha value is -8.33. The fraction of sp³-hybridized carbons (Fsp3) is 0.589. The van der Waals surface area contributed by atoms with Crippen molar-refractivity contribution in [1.82, 2.24) is 60.0 Å². The summed E-state index contributed by atoms with van der Waals surface area (Å²) >= 11 is 13.0. The molecule has 12 amide bonds.